The Labute approximate surface area is 103 Å². The van der Waals surface area contributed by atoms with Crippen LogP contribution in [-0.4, -0.2) is 24.0 Å². The van der Waals surface area contributed by atoms with Crippen LogP contribution in [0.2, 0.25) is 5.02 Å². The topological polar surface area (TPSA) is 39.2 Å². The zero-order valence-corrected chi connectivity index (χ0v) is 10.5. The molecule has 0 saturated heterocycles. The van der Waals surface area contributed by atoms with E-state index in [0.29, 0.717) is 10.0 Å². The van der Waals surface area contributed by atoms with Gasteiger partial charge in [0.1, 0.15) is 5.01 Å². The number of aromatic nitrogens is 1. The van der Waals surface area contributed by atoms with Crippen molar-refractivity contribution in [3.05, 3.63) is 34.4 Å². The molecular formula is C11H10ClN2OS-. The van der Waals surface area contributed by atoms with Crippen LogP contribution in [0.5, 0.6) is 0 Å². The summed E-state index contributed by atoms with van der Waals surface area (Å²) in [5.74, 6) is -0.0812. The van der Waals surface area contributed by atoms with E-state index in [1.165, 1.54) is 17.5 Å². The maximum absolute atomic E-state index is 11.7. The second-order valence-corrected chi connectivity index (χ2v) is 5.06. The van der Waals surface area contributed by atoms with E-state index < -0.39 is 0 Å². The van der Waals surface area contributed by atoms with Gasteiger partial charge in [0.2, 0.25) is 0 Å². The predicted molar refractivity (Wildman–Crippen MR) is 66.3 cm³/mol. The fourth-order valence-corrected chi connectivity index (χ4v) is 2.31. The molecule has 0 unspecified atom stereocenters. The van der Waals surface area contributed by atoms with Gasteiger partial charge in [-0.3, -0.25) is 0 Å². The van der Waals surface area contributed by atoms with Crippen LogP contribution in [0.15, 0.2) is 24.4 Å². The number of hydrogen-bond acceptors (Lipinski definition) is 4. The van der Waals surface area contributed by atoms with Crippen LogP contribution in [0.3, 0.4) is 0 Å². The Kier molecular flexibility index (Phi) is 3.03. The van der Waals surface area contributed by atoms with Crippen molar-refractivity contribution in [3.8, 4) is 0 Å². The fraction of sp³-hybridized carbons (Fsp3) is 0.182. The average Bonchev–Trinajstić information content (AvgIpc) is 2.59. The van der Waals surface area contributed by atoms with Gasteiger partial charge in [0.15, 0.2) is 0 Å². The van der Waals surface area contributed by atoms with Crippen LogP contribution in [0.25, 0.3) is 16.0 Å². The summed E-state index contributed by atoms with van der Waals surface area (Å²) < 4.78 is 0.972. The van der Waals surface area contributed by atoms with Gasteiger partial charge < -0.3 is 10.0 Å². The van der Waals surface area contributed by atoms with Crippen molar-refractivity contribution >= 4 is 38.9 Å². The summed E-state index contributed by atoms with van der Waals surface area (Å²) in [5, 5.41) is 12.9. The lowest BCUT2D eigenvalue weighted by Crippen LogP contribution is -2.09. The van der Waals surface area contributed by atoms with Crippen molar-refractivity contribution in [2.45, 2.75) is 0 Å². The van der Waals surface area contributed by atoms with E-state index in [2.05, 4.69) is 4.98 Å². The van der Waals surface area contributed by atoms with E-state index in [4.69, 9.17) is 11.6 Å². The van der Waals surface area contributed by atoms with Crippen molar-refractivity contribution in [1.29, 1.82) is 0 Å². The summed E-state index contributed by atoms with van der Waals surface area (Å²) in [5.41, 5.74) is 0.771. The molecule has 0 N–H and O–H groups in total. The first kappa shape index (κ1) is 11.2. The summed E-state index contributed by atoms with van der Waals surface area (Å²) in [4.78, 5) is 5.96. The Balaban J connectivity index is 2.47. The molecule has 0 saturated carbocycles. The minimum Gasteiger partial charge on any atom is -0.869 e. The predicted octanol–water partition coefficient (Wildman–Crippen LogP) is 2.17. The van der Waals surface area contributed by atoms with E-state index >= 15 is 0 Å². The summed E-state index contributed by atoms with van der Waals surface area (Å²) in [7, 11) is 3.62. The summed E-state index contributed by atoms with van der Waals surface area (Å²) >= 11 is 7.23. The monoisotopic (exact) mass is 253 g/mol. The molecule has 84 valence electrons. The van der Waals surface area contributed by atoms with Crippen LogP contribution in [-0.2, 0) is 0 Å². The number of benzene rings is 1. The smallest absolute Gasteiger partial charge is 0.110 e. The molecule has 0 fully saturated rings. The quantitative estimate of drug-likeness (QED) is 0.770. The normalized spacial score (nSPS) is 12.1. The van der Waals surface area contributed by atoms with Gasteiger partial charge in [-0.05, 0) is 24.4 Å². The summed E-state index contributed by atoms with van der Waals surface area (Å²) in [6.45, 7) is 0. The van der Waals surface area contributed by atoms with E-state index in [9.17, 15) is 5.11 Å². The second kappa shape index (κ2) is 4.31. The summed E-state index contributed by atoms with van der Waals surface area (Å²) in [6.07, 6.45) is 1.51. The Hall–Kier alpha value is -1.26. The van der Waals surface area contributed by atoms with Crippen LogP contribution in [0.4, 0.5) is 0 Å². The molecule has 1 heterocycles. The highest BCUT2D eigenvalue weighted by atomic mass is 35.5. The SMILES string of the molecule is CN(C)/C=C(/[O-])c1nc2cc(Cl)ccc2s1. The molecule has 0 spiro atoms. The number of hydrogen-bond donors (Lipinski definition) is 0. The first-order valence-corrected chi connectivity index (χ1v) is 5.87. The highest BCUT2D eigenvalue weighted by Crippen LogP contribution is 2.27. The molecule has 0 aliphatic rings. The third-order valence-electron chi connectivity index (χ3n) is 1.94. The number of thiazole rings is 1. The van der Waals surface area contributed by atoms with Crippen molar-refractivity contribution in [1.82, 2.24) is 9.88 Å². The fourth-order valence-electron chi connectivity index (χ4n) is 1.30. The van der Waals surface area contributed by atoms with E-state index in [0.717, 1.165) is 10.2 Å². The third-order valence-corrected chi connectivity index (χ3v) is 3.22. The number of halogens is 1. The first-order valence-electron chi connectivity index (χ1n) is 4.68. The van der Waals surface area contributed by atoms with Gasteiger partial charge in [-0.15, -0.1) is 11.3 Å². The zero-order chi connectivity index (χ0) is 11.7. The van der Waals surface area contributed by atoms with Crippen molar-refractivity contribution in [2.75, 3.05) is 14.1 Å². The maximum Gasteiger partial charge on any atom is 0.110 e. The molecule has 0 aliphatic heterocycles. The van der Waals surface area contributed by atoms with Crippen molar-refractivity contribution in [3.63, 3.8) is 0 Å². The van der Waals surface area contributed by atoms with Crippen molar-refractivity contribution in [2.24, 2.45) is 0 Å². The van der Waals surface area contributed by atoms with Gasteiger partial charge in [0.05, 0.1) is 10.2 Å². The highest BCUT2D eigenvalue weighted by Gasteiger charge is 2.03. The Morgan fingerprint density at radius 1 is 1.50 bits per heavy atom. The van der Waals surface area contributed by atoms with Crippen LogP contribution < -0.4 is 5.11 Å². The molecule has 3 nitrogen and oxygen atoms in total. The van der Waals surface area contributed by atoms with Crippen LogP contribution in [0.1, 0.15) is 5.01 Å². The molecular weight excluding hydrogens is 244 g/mol. The zero-order valence-electron chi connectivity index (χ0n) is 8.90. The molecule has 2 aromatic rings. The van der Waals surface area contributed by atoms with E-state index in [-0.39, 0.29) is 5.76 Å². The van der Waals surface area contributed by atoms with Crippen LogP contribution in [0, 0.1) is 0 Å². The lowest BCUT2D eigenvalue weighted by atomic mass is 10.3. The Bertz CT molecular complexity index is 548. The molecule has 0 amide bonds. The molecule has 0 aliphatic carbocycles. The van der Waals surface area contributed by atoms with Gasteiger partial charge in [-0.25, -0.2) is 4.98 Å². The highest BCUT2D eigenvalue weighted by molar-refractivity contribution is 7.19. The van der Waals surface area contributed by atoms with E-state index in [1.54, 1.807) is 17.0 Å². The molecule has 0 radical (unpaired) electrons. The van der Waals surface area contributed by atoms with Crippen molar-refractivity contribution < 1.29 is 5.11 Å². The van der Waals surface area contributed by atoms with Gasteiger partial charge >= 0.3 is 0 Å². The third kappa shape index (κ3) is 2.28. The lowest BCUT2D eigenvalue weighted by molar-refractivity contribution is -0.244. The minimum absolute atomic E-state index is 0.0812. The van der Waals surface area contributed by atoms with Crippen LogP contribution >= 0.6 is 22.9 Å². The molecule has 0 bridgehead atoms. The van der Waals surface area contributed by atoms with Gasteiger partial charge in [0.25, 0.3) is 0 Å². The Morgan fingerprint density at radius 3 is 2.94 bits per heavy atom. The minimum atomic E-state index is -0.0812. The molecule has 1 aromatic heterocycles. The molecule has 5 heteroatoms. The molecule has 16 heavy (non-hydrogen) atoms. The van der Waals surface area contributed by atoms with E-state index in [1.807, 2.05) is 20.2 Å². The number of rotatable bonds is 2. The Morgan fingerprint density at radius 2 is 2.25 bits per heavy atom. The molecule has 1 aromatic carbocycles. The average molecular weight is 254 g/mol. The number of fused-ring (bicyclic) bond motifs is 1. The first-order chi connectivity index (χ1) is 7.56. The van der Waals surface area contributed by atoms with Gasteiger partial charge in [0, 0.05) is 19.1 Å². The van der Waals surface area contributed by atoms with Gasteiger partial charge in [-0.1, -0.05) is 17.4 Å². The van der Waals surface area contributed by atoms with Gasteiger partial charge in [-0.2, -0.15) is 0 Å². The molecule has 0 atom stereocenters. The number of nitrogens with zero attached hydrogens (tertiary/aromatic N) is 2. The second-order valence-electron chi connectivity index (χ2n) is 3.59. The lowest BCUT2D eigenvalue weighted by Gasteiger charge is -2.12. The maximum atomic E-state index is 11.7. The summed E-state index contributed by atoms with van der Waals surface area (Å²) in [6, 6.07) is 5.44. The largest absolute Gasteiger partial charge is 0.869 e. The molecule has 2 rings (SSSR count). The standard InChI is InChI=1S/C11H11ClN2OS/c1-14(2)6-9(15)11-13-8-5-7(12)3-4-10(8)16-11/h3-6,15H,1-2H3/p-1/b9-6+.